The van der Waals surface area contributed by atoms with Crippen LogP contribution >= 0.6 is 11.3 Å². The molecule has 0 bridgehead atoms. The summed E-state index contributed by atoms with van der Waals surface area (Å²) >= 11 is 1.64. The highest BCUT2D eigenvalue weighted by molar-refractivity contribution is 7.22. The van der Waals surface area contributed by atoms with Gasteiger partial charge in [-0.1, -0.05) is 36.0 Å². The van der Waals surface area contributed by atoms with Gasteiger partial charge in [0.2, 0.25) is 5.13 Å². The fraction of sp³-hybridized carbons (Fsp3) is 0.278. The zero-order chi connectivity index (χ0) is 15.5. The molecule has 2 heterocycles. The third-order valence-corrected chi connectivity index (χ3v) is 5.15. The average molecular weight is 322 g/mol. The Hall–Kier alpha value is -2.27. The summed E-state index contributed by atoms with van der Waals surface area (Å²) in [5, 5.41) is 5.53. The van der Waals surface area contributed by atoms with Crippen LogP contribution in [0.1, 0.15) is 37.3 Å². The van der Waals surface area contributed by atoms with Crippen LogP contribution in [0.3, 0.4) is 0 Å². The van der Waals surface area contributed by atoms with Gasteiger partial charge >= 0.3 is 0 Å². The standard InChI is InChI=1S/C18H18N4S/c1-2-9-15(13(7-1)14-8-5-6-12-19-14)21-22-18-20-16-10-3-4-11-17(16)23-18/h3-6,8,10-13H,1-2,7,9H2,(H,20,22)/t13-/m1/s1. The second-order valence-electron chi connectivity index (χ2n) is 5.75. The van der Waals surface area contributed by atoms with Crippen molar-refractivity contribution in [3.05, 3.63) is 54.4 Å². The van der Waals surface area contributed by atoms with Crippen LogP contribution in [0, 0.1) is 0 Å². The lowest BCUT2D eigenvalue weighted by molar-refractivity contribution is 0.603. The summed E-state index contributed by atoms with van der Waals surface area (Å²) in [5.74, 6) is 0.326. The lowest BCUT2D eigenvalue weighted by Crippen LogP contribution is -2.19. The maximum absolute atomic E-state index is 4.68. The number of thiazole rings is 1. The van der Waals surface area contributed by atoms with Gasteiger partial charge in [0.15, 0.2) is 0 Å². The third kappa shape index (κ3) is 3.10. The van der Waals surface area contributed by atoms with Gasteiger partial charge in [0.1, 0.15) is 0 Å². The molecule has 23 heavy (non-hydrogen) atoms. The largest absolute Gasteiger partial charge is 0.261 e. The summed E-state index contributed by atoms with van der Waals surface area (Å²) in [6.07, 6.45) is 6.45. The highest BCUT2D eigenvalue weighted by atomic mass is 32.1. The molecule has 116 valence electrons. The van der Waals surface area contributed by atoms with E-state index in [1.807, 2.05) is 30.5 Å². The maximum Gasteiger partial charge on any atom is 0.204 e. The number of anilines is 1. The van der Waals surface area contributed by atoms with Crippen molar-refractivity contribution in [1.82, 2.24) is 9.97 Å². The van der Waals surface area contributed by atoms with Gasteiger partial charge < -0.3 is 0 Å². The van der Waals surface area contributed by atoms with E-state index in [-0.39, 0.29) is 0 Å². The Morgan fingerprint density at radius 2 is 2.00 bits per heavy atom. The van der Waals surface area contributed by atoms with Gasteiger partial charge in [-0.2, -0.15) is 5.10 Å². The zero-order valence-corrected chi connectivity index (χ0v) is 13.6. The van der Waals surface area contributed by atoms with E-state index in [0.717, 1.165) is 29.2 Å². The van der Waals surface area contributed by atoms with Crippen molar-refractivity contribution < 1.29 is 0 Å². The van der Waals surface area contributed by atoms with Gasteiger partial charge in [0, 0.05) is 23.5 Å². The van der Waals surface area contributed by atoms with Crippen LogP contribution in [0.4, 0.5) is 5.13 Å². The first-order valence-corrected chi connectivity index (χ1v) is 8.81. The van der Waals surface area contributed by atoms with Crippen molar-refractivity contribution in [2.75, 3.05) is 5.43 Å². The molecule has 0 saturated heterocycles. The molecule has 1 saturated carbocycles. The molecule has 1 atom stereocenters. The monoisotopic (exact) mass is 322 g/mol. The smallest absolute Gasteiger partial charge is 0.204 e. The Balaban J connectivity index is 1.58. The maximum atomic E-state index is 4.68. The van der Waals surface area contributed by atoms with Gasteiger partial charge in [-0.05, 0) is 43.5 Å². The molecule has 0 radical (unpaired) electrons. The van der Waals surface area contributed by atoms with Gasteiger partial charge in [-0.25, -0.2) is 4.98 Å². The van der Waals surface area contributed by atoms with Crippen molar-refractivity contribution in [2.24, 2.45) is 5.10 Å². The SMILES string of the molecule is c1ccc([C@H]2CCCCC2=NNc2nc3ccccc3s2)nc1. The van der Waals surface area contributed by atoms with Gasteiger partial charge in [0.25, 0.3) is 0 Å². The summed E-state index contributed by atoms with van der Waals surface area (Å²) in [4.78, 5) is 9.10. The zero-order valence-electron chi connectivity index (χ0n) is 12.8. The number of rotatable bonds is 3. The Morgan fingerprint density at radius 1 is 1.09 bits per heavy atom. The number of aromatic nitrogens is 2. The lowest BCUT2D eigenvalue weighted by Gasteiger charge is -2.23. The minimum atomic E-state index is 0.326. The molecule has 1 aliphatic rings. The average Bonchev–Trinajstić information content (AvgIpc) is 3.04. The normalized spacial score (nSPS) is 20.0. The van der Waals surface area contributed by atoms with E-state index < -0.39 is 0 Å². The van der Waals surface area contributed by atoms with Crippen molar-refractivity contribution >= 4 is 32.4 Å². The van der Waals surface area contributed by atoms with E-state index in [1.54, 1.807) is 11.3 Å². The number of nitrogens with zero attached hydrogens (tertiary/aromatic N) is 3. The molecular formula is C18H18N4S. The van der Waals surface area contributed by atoms with Gasteiger partial charge in [-0.3, -0.25) is 10.4 Å². The highest BCUT2D eigenvalue weighted by Gasteiger charge is 2.23. The molecule has 1 aliphatic carbocycles. The molecule has 1 fully saturated rings. The Labute approximate surface area is 139 Å². The summed E-state index contributed by atoms with van der Waals surface area (Å²) in [7, 11) is 0. The van der Waals surface area contributed by atoms with Crippen LogP contribution < -0.4 is 5.43 Å². The van der Waals surface area contributed by atoms with Crippen LogP contribution in [0.2, 0.25) is 0 Å². The summed E-state index contributed by atoms with van der Waals surface area (Å²) < 4.78 is 1.18. The number of hydrogen-bond donors (Lipinski definition) is 1. The fourth-order valence-electron chi connectivity index (χ4n) is 3.07. The Kier molecular flexibility index (Phi) is 4.03. The number of fused-ring (bicyclic) bond motifs is 1. The molecular weight excluding hydrogens is 304 g/mol. The molecule has 4 nitrogen and oxygen atoms in total. The topological polar surface area (TPSA) is 50.2 Å². The summed E-state index contributed by atoms with van der Waals surface area (Å²) in [5.41, 5.74) is 6.50. The lowest BCUT2D eigenvalue weighted by atomic mass is 9.85. The fourth-order valence-corrected chi connectivity index (χ4v) is 3.88. The summed E-state index contributed by atoms with van der Waals surface area (Å²) in [6.45, 7) is 0. The number of nitrogens with one attached hydrogen (secondary N) is 1. The predicted octanol–water partition coefficient (Wildman–Crippen LogP) is 4.82. The first-order chi connectivity index (χ1) is 11.4. The number of benzene rings is 1. The molecule has 2 aromatic heterocycles. The van der Waals surface area contributed by atoms with Gasteiger partial charge in [0.05, 0.1) is 10.2 Å². The quantitative estimate of drug-likeness (QED) is 0.704. The van der Waals surface area contributed by atoms with E-state index in [0.29, 0.717) is 5.92 Å². The van der Waals surface area contributed by atoms with Crippen molar-refractivity contribution in [3.63, 3.8) is 0 Å². The third-order valence-electron chi connectivity index (χ3n) is 4.21. The number of hydrazone groups is 1. The molecule has 0 aliphatic heterocycles. The highest BCUT2D eigenvalue weighted by Crippen LogP contribution is 2.30. The Morgan fingerprint density at radius 3 is 2.87 bits per heavy atom. The minimum Gasteiger partial charge on any atom is -0.261 e. The first-order valence-electron chi connectivity index (χ1n) is 7.99. The van der Waals surface area contributed by atoms with E-state index >= 15 is 0 Å². The van der Waals surface area contributed by atoms with Crippen LogP contribution in [-0.2, 0) is 0 Å². The second kappa shape index (κ2) is 6.46. The van der Waals surface area contributed by atoms with Crippen molar-refractivity contribution in [2.45, 2.75) is 31.6 Å². The van der Waals surface area contributed by atoms with Crippen LogP contribution in [0.5, 0.6) is 0 Å². The van der Waals surface area contributed by atoms with Crippen LogP contribution in [0.25, 0.3) is 10.2 Å². The van der Waals surface area contributed by atoms with E-state index in [1.165, 1.54) is 23.3 Å². The van der Waals surface area contributed by atoms with Gasteiger partial charge in [-0.15, -0.1) is 0 Å². The van der Waals surface area contributed by atoms with E-state index in [4.69, 9.17) is 0 Å². The molecule has 0 unspecified atom stereocenters. The molecule has 0 amide bonds. The minimum absolute atomic E-state index is 0.326. The molecule has 4 rings (SSSR count). The molecule has 5 heteroatoms. The number of pyridine rings is 1. The number of para-hydroxylation sites is 1. The Bertz CT molecular complexity index is 792. The number of hydrogen-bond acceptors (Lipinski definition) is 5. The van der Waals surface area contributed by atoms with E-state index in [9.17, 15) is 0 Å². The first kappa shape index (κ1) is 14.3. The molecule has 0 spiro atoms. The predicted molar refractivity (Wildman–Crippen MR) is 96.1 cm³/mol. The second-order valence-corrected chi connectivity index (χ2v) is 6.79. The molecule has 1 aromatic carbocycles. The van der Waals surface area contributed by atoms with Crippen LogP contribution in [0.15, 0.2) is 53.8 Å². The van der Waals surface area contributed by atoms with Crippen LogP contribution in [-0.4, -0.2) is 15.7 Å². The molecule has 3 aromatic rings. The molecule has 1 N–H and O–H groups in total. The van der Waals surface area contributed by atoms with Crippen molar-refractivity contribution in [3.8, 4) is 0 Å². The summed E-state index contributed by atoms with van der Waals surface area (Å²) in [6, 6.07) is 14.3. The van der Waals surface area contributed by atoms with E-state index in [2.05, 4.69) is 38.7 Å². The van der Waals surface area contributed by atoms with Crippen molar-refractivity contribution in [1.29, 1.82) is 0 Å².